The SMILES string of the molecule is CCCCSc1ncnc(NCC)c1C(C)C. The molecule has 3 nitrogen and oxygen atoms in total. The molecule has 96 valence electrons. The second-order valence-corrected chi connectivity index (χ2v) is 5.41. The number of rotatable bonds is 7. The highest BCUT2D eigenvalue weighted by Crippen LogP contribution is 2.31. The van der Waals surface area contributed by atoms with E-state index in [9.17, 15) is 0 Å². The number of thioether (sulfide) groups is 1. The van der Waals surface area contributed by atoms with Crippen molar-refractivity contribution in [1.29, 1.82) is 0 Å². The predicted octanol–water partition coefficient (Wildman–Crippen LogP) is 3.92. The van der Waals surface area contributed by atoms with Crippen LogP contribution in [0.3, 0.4) is 0 Å². The Kier molecular flexibility index (Phi) is 6.34. The molecule has 1 N–H and O–H groups in total. The summed E-state index contributed by atoms with van der Waals surface area (Å²) >= 11 is 1.85. The van der Waals surface area contributed by atoms with Crippen LogP contribution in [0.25, 0.3) is 0 Å². The van der Waals surface area contributed by atoms with E-state index in [0.717, 1.165) is 23.1 Å². The van der Waals surface area contributed by atoms with Crippen LogP contribution in [-0.2, 0) is 0 Å². The fourth-order valence-corrected chi connectivity index (χ4v) is 2.87. The van der Waals surface area contributed by atoms with E-state index < -0.39 is 0 Å². The zero-order valence-corrected chi connectivity index (χ0v) is 12.1. The van der Waals surface area contributed by atoms with Gasteiger partial charge in [0.2, 0.25) is 0 Å². The fraction of sp³-hybridized carbons (Fsp3) is 0.692. The van der Waals surface area contributed by atoms with Gasteiger partial charge in [0, 0.05) is 12.1 Å². The van der Waals surface area contributed by atoms with E-state index in [2.05, 4.69) is 43.0 Å². The Hall–Kier alpha value is -0.770. The molecule has 0 radical (unpaired) electrons. The summed E-state index contributed by atoms with van der Waals surface area (Å²) in [6, 6.07) is 0. The summed E-state index contributed by atoms with van der Waals surface area (Å²) < 4.78 is 0. The highest BCUT2D eigenvalue weighted by Gasteiger charge is 2.14. The Bertz CT molecular complexity index is 339. The van der Waals surface area contributed by atoms with Crippen molar-refractivity contribution in [3.8, 4) is 0 Å². The number of unbranched alkanes of at least 4 members (excludes halogenated alkanes) is 1. The third-order valence-corrected chi connectivity index (χ3v) is 3.60. The molecule has 0 saturated carbocycles. The molecule has 17 heavy (non-hydrogen) atoms. The van der Waals surface area contributed by atoms with Crippen molar-refractivity contribution in [2.75, 3.05) is 17.6 Å². The summed E-state index contributed by atoms with van der Waals surface area (Å²) in [4.78, 5) is 8.77. The van der Waals surface area contributed by atoms with Crippen molar-refractivity contribution in [3.05, 3.63) is 11.9 Å². The van der Waals surface area contributed by atoms with Crippen LogP contribution in [0.15, 0.2) is 11.4 Å². The van der Waals surface area contributed by atoms with Gasteiger partial charge in [-0.2, -0.15) is 0 Å². The van der Waals surface area contributed by atoms with Gasteiger partial charge in [0.1, 0.15) is 17.2 Å². The molecule has 0 unspecified atom stereocenters. The molecule has 0 spiro atoms. The van der Waals surface area contributed by atoms with E-state index >= 15 is 0 Å². The maximum atomic E-state index is 4.43. The molecule has 0 aliphatic heterocycles. The molecule has 0 aromatic carbocycles. The third-order valence-electron chi connectivity index (χ3n) is 2.51. The lowest BCUT2D eigenvalue weighted by atomic mass is 10.1. The van der Waals surface area contributed by atoms with E-state index in [1.807, 2.05) is 11.8 Å². The van der Waals surface area contributed by atoms with Gasteiger partial charge in [-0.3, -0.25) is 0 Å². The lowest BCUT2D eigenvalue weighted by Gasteiger charge is -2.15. The largest absolute Gasteiger partial charge is 0.370 e. The van der Waals surface area contributed by atoms with Gasteiger partial charge in [-0.1, -0.05) is 27.2 Å². The molecule has 4 heteroatoms. The minimum absolute atomic E-state index is 0.453. The Morgan fingerprint density at radius 1 is 1.29 bits per heavy atom. The summed E-state index contributed by atoms with van der Waals surface area (Å²) in [5, 5.41) is 4.46. The molecule has 0 saturated heterocycles. The van der Waals surface area contributed by atoms with Crippen LogP contribution in [0.5, 0.6) is 0 Å². The number of anilines is 1. The molecular weight excluding hydrogens is 230 g/mol. The van der Waals surface area contributed by atoms with Gasteiger partial charge in [0.05, 0.1) is 0 Å². The number of hydrogen-bond donors (Lipinski definition) is 1. The van der Waals surface area contributed by atoms with Crippen LogP contribution >= 0.6 is 11.8 Å². The monoisotopic (exact) mass is 253 g/mol. The maximum absolute atomic E-state index is 4.43. The van der Waals surface area contributed by atoms with Crippen LogP contribution < -0.4 is 5.32 Å². The van der Waals surface area contributed by atoms with E-state index in [1.165, 1.54) is 18.4 Å². The first-order valence-corrected chi connectivity index (χ1v) is 7.40. The second kappa shape index (κ2) is 7.54. The Labute approximate surface area is 109 Å². The molecule has 0 fully saturated rings. The molecule has 0 aliphatic carbocycles. The van der Waals surface area contributed by atoms with E-state index in [-0.39, 0.29) is 0 Å². The van der Waals surface area contributed by atoms with Gasteiger partial charge < -0.3 is 5.32 Å². The standard InChI is InChI=1S/C13H23N3S/c1-5-7-8-17-13-11(10(3)4)12(14-6-2)15-9-16-13/h9-10H,5-8H2,1-4H3,(H,14,15,16). The normalized spacial score (nSPS) is 10.9. The van der Waals surface area contributed by atoms with E-state index in [0.29, 0.717) is 5.92 Å². The van der Waals surface area contributed by atoms with Crippen LogP contribution in [-0.4, -0.2) is 22.3 Å². The molecular formula is C13H23N3S. The number of nitrogens with zero attached hydrogens (tertiary/aromatic N) is 2. The first-order chi connectivity index (χ1) is 8.20. The van der Waals surface area contributed by atoms with Gasteiger partial charge in [-0.05, 0) is 25.0 Å². The van der Waals surface area contributed by atoms with Crippen LogP contribution in [0.4, 0.5) is 5.82 Å². The highest BCUT2D eigenvalue weighted by molar-refractivity contribution is 7.99. The molecule has 0 aliphatic rings. The first-order valence-electron chi connectivity index (χ1n) is 6.42. The van der Waals surface area contributed by atoms with Crippen molar-refractivity contribution in [2.45, 2.75) is 51.5 Å². The van der Waals surface area contributed by atoms with Gasteiger partial charge in [0.15, 0.2) is 0 Å². The van der Waals surface area contributed by atoms with Crippen LogP contribution in [0.1, 0.15) is 52.0 Å². The zero-order chi connectivity index (χ0) is 12.7. The van der Waals surface area contributed by atoms with Gasteiger partial charge >= 0.3 is 0 Å². The Balaban J connectivity index is 2.90. The third kappa shape index (κ3) is 4.19. The van der Waals surface area contributed by atoms with Crippen molar-refractivity contribution in [1.82, 2.24) is 9.97 Å². The predicted molar refractivity (Wildman–Crippen MR) is 75.9 cm³/mol. The minimum Gasteiger partial charge on any atom is -0.370 e. The maximum Gasteiger partial charge on any atom is 0.133 e. The highest BCUT2D eigenvalue weighted by atomic mass is 32.2. The average Bonchev–Trinajstić information content (AvgIpc) is 2.29. The lowest BCUT2D eigenvalue weighted by Crippen LogP contribution is -2.07. The summed E-state index contributed by atoms with van der Waals surface area (Å²) in [6.07, 6.45) is 4.13. The van der Waals surface area contributed by atoms with Crippen molar-refractivity contribution in [2.24, 2.45) is 0 Å². The fourth-order valence-electron chi connectivity index (χ4n) is 1.64. The lowest BCUT2D eigenvalue weighted by molar-refractivity contribution is 0.802. The average molecular weight is 253 g/mol. The summed E-state index contributed by atoms with van der Waals surface area (Å²) in [5.41, 5.74) is 1.26. The van der Waals surface area contributed by atoms with Crippen LogP contribution in [0.2, 0.25) is 0 Å². The van der Waals surface area contributed by atoms with E-state index in [1.54, 1.807) is 6.33 Å². The molecule has 0 amide bonds. The van der Waals surface area contributed by atoms with Crippen molar-refractivity contribution in [3.63, 3.8) is 0 Å². The number of hydrogen-bond acceptors (Lipinski definition) is 4. The van der Waals surface area contributed by atoms with Gasteiger partial charge in [-0.25, -0.2) is 9.97 Å². The van der Waals surface area contributed by atoms with Crippen LogP contribution in [0, 0.1) is 0 Å². The molecule has 1 aromatic heterocycles. The quantitative estimate of drug-likeness (QED) is 0.454. The topological polar surface area (TPSA) is 37.8 Å². The number of nitrogens with one attached hydrogen (secondary N) is 1. The summed E-state index contributed by atoms with van der Waals surface area (Å²) in [5.74, 6) is 2.59. The Morgan fingerprint density at radius 2 is 2.06 bits per heavy atom. The molecule has 1 rings (SSSR count). The zero-order valence-electron chi connectivity index (χ0n) is 11.3. The number of aromatic nitrogens is 2. The molecule has 0 bridgehead atoms. The minimum atomic E-state index is 0.453. The first kappa shape index (κ1) is 14.3. The van der Waals surface area contributed by atoms with Gasteiger partial charge in [0.25, 0.3) is 0 Å². The summed E-state index contributed by atoms with van der Waals surface area (Å²) in [6.45, 7) is 9.60. The summed E-state index contributed by atoms with van der Waals surface area (Å²) in [7, 11) is 0. The van der Waals surface area contributed by atoms with E-state index in [4.69, 9.17) is 0 Å². The molecule has 1 aromatic rings. The smallest absolute Gasteiger partial charge is 0.133 e. The van der Waals surface area contributed by atoms with Crippen molar-refractivity contribution >= 4 is 17.6 Å². The Morgan fingerprint density at radius 3 is 2.65 bits per heavy atom. The molecule has 0 atom stereocenters. The van der Waals surface area contributed by atoms with Gasteiger partial charge in [-0.15, -0.1) is 11.8 Å². The molecule has 1 heterocycles. The second-order valence-electron chi connectivity index (χ2n) is 4.33. The van der Waals surface area contributed by atoms with Crippen molar-refractivity contribution < 1.29 is 0 Å².